The number of Topliss-reactive ketones (excluding diaryl/α,β-unsaturated/α-hetero) is 1. The van der Waals surface area contributed by atoms with Gasteiger partial charge in [0.15, 0.2) is 11.5 Å². The predicted octanol–water partition coefficient (Wildman–Crippen LogP) is 4.11. The van der Waals surface area contributed by atoms with Crippen molar-refractivity contribution in [2.75, 3.05) is 59.7 Å². The van der Waals surface area contributed by atoms with Crippen molar-refractivity contribution in [3.05, 3.63) is 71.3 Å². The van der Waals surface area contributed by atoms with Crippen LogP contribution >= 0.6 is 0 Å². The zero-order valence-electron chi connectivity index (χ0n) is 23.5. The van der Waals surface area contributed by atoms with E-state index in [0.717, 1.165) is 25.2 Å². The Morgan fingerprint density at radius 2 is 1.88 bits per heavy atom. The first-order chi connectivity index (χ1) is 19.4. The summed E-state index contributed by atoms with van der Waals surface area (Å²) >= 11 is 0. The standard InChI is InChI=1S/C31H38N2O7/c1-5-16-40-25-11-8-22(20-26(25)37-4)28-27(29(34)24-10-9-23(39-6-2)19-21(24)3)30(35)31(36)33(28)13-7-12-32-14-17-38-18-15-32/h5,8-11,19-20,28,34H,1,6-7,12-18H2,2-4H3. The lowest BCUT2D eigenvalue weighted by molar-refractivity contribution is -0.140. The van der Waals surface area contributed by atoms with E-state index < -0.39 is 17.7 Å². The van der Waals surface area contributed by atoms with Gasteiger partial charge in [0.05, 0.1) is 38.5 Å². The van der Waals surface area contributed by atoms with E-state index in [9.17, 15) is 14.7 Å². The summed E-state index contributed by atoms with van der Waals surface area (Å²) in [5.41, 5.74) is 1.88. The molecule has 0 radical (unpaired) electrons. The second-order valence-corrected chi connectivity index (χ2v) is 9.72. The lowest BCUT2D eigenvalue weighted by Crippen LogP contribution is -2.39. The summed E-state index contributed by atoms with van der Waals surface area (Å²) in [7, 11) is 1.53. The summed E-state index contributed by atoms with van der Waals surface area (Å²) in [4.78, 5) is 30.7. The van der Waals surface area contributed by atoms with Crippen molar-refractivity contribution < 1.29 is 33.6 Å². The number of carbonyl (C=O) groups is 2. The first kappa shape index (κ1) is 29.2. The lowest BCUT2D eigenvalue weighted by atomic mass is 9.93. The Kier molecular flexibility index (Phi) is 9.84. The Balaban J connectivity index is 1.74. The molecule has 2 aromatic rings. The lowest BCUT2D eigenvalue weighted by Gasteiger charge is -2.29. The SMILES string of the molecule is C=CCOc1ccc(C2C(=C(O)c3ccc(OCC)cc3C)C(=O)C(=O)N2CCCN2CCOCC2)cc1OC. The van der Waals surface area contributed by atoms with Crippen molar-refractivity contribution in [3.63, 3.8) is 0 Å². The number of aliphatic hydroxyl groups excluding tert-OH is 1. The molecule has 2 fully saturated rings. The minimum absolute atomic E-state index is 0.0467. The average Bonchev–Trinajstić information content (AvgIpc) is 3.21. The summed E-state index contributed by atoms with van der Waals surface area (Å²) < 4.78 is 22.3. The fourth-order valence-electron chi connectivity index (χ4n) is 5.17. The summed E-state index contributed by atoms with van der Waals surface area (Å²) in [5, 5.41) is 11.5. The van der Waals surface area contributed by atoms with Gasteiger partial charge in [0.25, 0.3) is 11.7 Å². The number of nitrogens with zero attached hydrogens (tertiary/aromatic N) is 2. The first-order valence-corrected chi connectivity index (χ1v) is 13.6. The van der Waals surface area contributed by atoms with Gasteiger partial charge in [-0.2, -0.15) is 0 Å². The molecule has 0 saturated carbocycles. The van der Waals surface area contributed by atoms with Gasteiger partial charge >= 0.3 is 0 Å². The number of aryl methyl sites for hydroxylation is 1. The zero-order chi connectivity index (χ0) is 28.6. The van der Waals surface area contributed by atoms with Gasteiger partial charge in [-0.1, -0.05) is 18.7 Å². The molecule has 9 nitrogen and oxygen atoms in total. The number of ether oxygens (including phenoxy) is 4. The smallest absolute Gasteiger partial charge is 0.295 e. The van der Waals surface area contributed by atoms with Crippen LogP contribution in [0.25, 0.3) is 5.76 Å². The number of hydrogen-bond acceptors (Lipinski definition) is 8. The van der Waals surface area contributed by atoms with E-state index in [2.05, 4.69) is 11.5 Å². The third-order valence-corrected chi connectivity index (χ3v) is 7.14. The van der Waals surface area contributed by atoms with E-state index in [0.29, 0.717) is 67.8 Å². The molecule has 2 saturated heterocycles. The van der Waals surface area contributed by atoms with Gasteiger partial charge in [0.1, 0.15) is 18.1 Å². The Morgan fingerprint density at radius 1 is 1.10 bits per heavy atom. The molecule has 2 heterocycles. The number of benzene rings is 2. The summed E-state index contributed by atoms with van der Waals surface area (Å²) in [6.45, 7) is 12.4. The number of morpholine rings is 1. The van der Waals surface area contributed by atoms with Crippen LogP contribution in [0.1, 0.15) is 36.1 Å². The second-order valence-electron chi connectivity index (χ2n) is 9.72. The third kappa shape index (κ3) is 6.32. The van der Waals surface area contributed by atoms with E-state index in [1.54, 1.807) is 47.4 Å². The Labute approximate surface area is 235 Å². The molecular formula is C31H38N2O7. The third-order valence-electron chi connectivity index (χ3n) is 7.14. The van der Waals surface area contributed by atoms with Gasteiger partial charge in [0.2, 0.25) is 0 Å². The maximum Gasteiger partial charge on any atom is 0.295 e. The molecule has 1 unspecified atom stereocenters. The van der Waals surface area contributed by atoms with Crippen LogP contribution in [0.4, 0.5) is 0 Å². The van der Waals surface area contributed by atoms with Crippen LogP contribution in [0.5, 0.6) is 17.2 Å². The number of ketones is 1. The van der Waals surface area contributed by atoms with E-state index >= 15 is 0 Å². The Hall–Kier alpha value is -3.82. The van der Waals surface area contributed by atoms with Gasteiger partial charge in [-0.05, 0) is 61.7 Å². The summed E-state index contributed by atoms with van der Waals surface area (Å²) in [6, 6.07) is 9.76. The molecule has 4 rings (SSSR count). The van der Waals surface area contributed by atoms with Crippen molar-refractivity contribution >= 4 is 17.4 Å². The highest BCUT2D eigenvalue weighted by Crippen LogP contribution is 2.42. The molecular weight excluding hydrogens is 512 g/mol. The molecule has 40 heavy (non-hydrogen) atoms. The number of likely N-dealkylation sites (tertiary alicyclic amines) is 1. The molecule has 0 spiro atoms. The highest BCUT2D eigenvalue weighted by Gasteiger charge is 2.46. The number of amides is 1. The zero-order valence-corrected chi connectivity index (χ0v) is 23.5. The molecule has 2 aliphatic heterocycles. The normalized spacial score (nSPS) is 19.1. The van der Waals surface area contributed by atoms with Crippen LogP contribution < -0.4 is 14.2 Å². The van der Waals surface area contributed by atoms with Crippen LogP contribution in [0.3, 0.4) is 0 Å². The van der Waals surface area contributed by atoms with E-state index in [1.165, 1.54) is 7.11 Å². The number of methoxy groups -OCH3 is 1. The van der Waals surface area contributed by atoms with Crippen molar-refractivity contribution in [1.82, 2.24) is 9.80 Å². The minimum Gasteiger partial charge on any atom is -0.507 e. The monoisotopic (exact) mass is 550 g/mol. The van der Waals surface area contributed by atoms with Gasteiger partial charge < -0.3 is 29.0 Å². The fraction of sp³-hybridized carbons (Fsp3) is 0.419. The van der Waals surface area contributed by atoms with Crippen molar-refractivity contribution in [1.29, 1.82) is 0 Å². The van der Waals surface area contributed by atoms with E-state index in [-0.39, 0.29) is 11.3 Å². The van der Waals surface area contributed by atoms with Crippen molar-refractivity contribution in [2.45, 2.75) is 26.3 Å². The van der Waals surface area contributed by atoms with E-state index in [4.69, 9.17) is 18.9 Å². The Bertz CT molecular complexity index is 1270. The molecule has 2 aromatic carbocycles. The minimum atomic E-state index is -0.794. The summed E-state index contributed by atoms with van der Waals surface area (Å²) in [5.74, 6) is 0.0616. The fourth-order valence-corrected chi connectivity index (χ4v) is 5.17. The highest BCUT2D eigenvalue weighted by molar-refractivity contribution is 6.46. The van der Waals surface area contributed by atoms with Gasteiger partial charge in [-0.3, -0.25) is 14.5 Å². The molecule has 2 aliphatic rings. The van der Waals surface area contributed by atoms with Gasteiger partial charge in [0, 0.05) is 31.7 Å². The van der Waals surface area contributed by atoms with Crippen LogP contribution in [-0.4, -0.2) is 86.3 Å². The topological polar surface area (TPSA) is 97.8 Å². The molecule has 0 aliphatic carbocycles. The number of hydrogen-bond donors (Lipinski definition) is 1. The number of rotatable bonds is 12. The molecule has 1 N–H and O–H groups in total. The summed E-state index contributed by atoms with van der Waals surface area (Å²) in [6.07, 6.45) is 2.30. The number of carbonyl (C=O) groups excluding carboxylic acids is 2. The van der Waals surface area contributed by atoms with Gasteiger partial charge in [-0.25, -0.2) is 0 Å². The molecule has 214 valence electrons. The predicted molar refractivity (Wildman–Crippen MR) is 152 cm³/mol. The largest absolute Gasteiger partial charge is 0.507 e. The maximum atomic E-state index is 13.5. The quantitative estimate of drug-likeness (QED) is 0.183. The van der Waals surface area contributed by atoms with Crippen LogP contribution in [0.15, 0.2) is 54.6 Å². The second kappa shape index (κ2) is 13.5. The van der Waals surface area contributed by atoms with Crippen LogP contribution in [0.2, 0.25) is 0 Å². The molecule has 9 heteroatoms. The maximum absolute atomic E-state index is 13.5. The van der Waals surface area contributed by atoms with Crippen LogP contribution in [0, 0.1) is 6.92 Å². The first-order valence-electron chi connectivity index (χ1n) is 13.6. The van der Waals surface area contributed by atoms with Gasteiger partial charge in [-0.15, -0.1) is 0 Å². The molecule has 0 bridgehead atoms. The molecule has 0 aromatic heterocycles. The van der Waals surface area contributed by atoms with E-state index in [1.807, 2.05) is 13.8 Å². The van der Waals surface area contributed by atoms with Crippen LogP contribution in [-0.2, 0) is 14.3 Å². The van der Waals surface area contributed by atoms with Crippen molar-refractivity contribution in [3.8, 4) is 17.2 Å². The molecule has 1 amide bonds. The highest BCUT2D eigenvalue weighted by atomic mass is 16.5. The average molecular weight is 551 g/mol. The number of aliphatic hydroxyl groups is 1. The van der Waals surface area contributed by atoms with Crippen molar-refractivity contribution in [2.24, 2.45) is 0 Å². The molecule has 1 atom stereocenters. The Morgan fingerprint density at radius 3 is 2.55 bits per heavy atom.